The minimum Gasteiger partial charge on any atom is -0.479 e. The summed E-state index contributed by atoms with van der Waals surface area (Å²) < 4.78 is 0. The number of hydrogen-bond acceptors (Lipinski definition) is 3. The minimum atomic E-state index is -1.12. The second kappa shape index (κ2) is 5.50. The van der Waals surface area contributed by atoms with E-state index in [2.05, 4.69) is 16.4 Å². The van der Waals surface area contributed by atoms with Crippen molar-refractivity contribution < 1.29 is 19.5 Å². The lowest BCUT2D eigenvalue weighted by Crippen LogP contribution is -2.45. The molecule has 6 heteroatoms. The van der Waals surface area contributed by atoms with Gasteiger partial charge in [-0.15, -0.1) is 0 Å². The smallest absolute Gasteiger partial charge is 0.341 e. The summed E-state index contributed by atoms with van der Waals surface area (Å²) in [6.07, 6.45) is 2.11. The Balaban J connectivity index is 2.37. The van der Waals surface area contributed by atoms with Crippen LogP contribution in [0.15, 0.2) is 11.6 Å². The second-order valence-corrected chi connectivity index (χ2v) is 3.96. The van der Waals surface area contributed by atoms with E-state index in [1.54, 1.807) is 4.90 Å². The highest BCUT2D eigenvalue weighted by atomic mass is 16.7. The van der Waals surface area contributed by atoms with Crippen LogP contribution in [-0.2, 0) is 9.63 Å². The summed E-state index contributed by atoms with van der Waals surface area (Å²) in [6.45, 7) is 4.59. The highest BCUT2D eigenvalue weighted by Gasteiger charge is 2.20. The van der Waals surface area contributed by atoms with Gasteiger partial charge in [0.25, 0.3) is 0 Å². The van der Waals surface area contributed by atoms with Crippen LogP contribution in [0.25, 0.3) is 0 Å². The number of urea groups is 1. The van der Waals surface area contributed by atoms with Crippen molar-refractivity contribution in [2.24, 2.45) is 5.92 Å². The van der Waals surface area contributed by atoms with Crippen LogP contribution in [0.2, 0.25) is 0 Å². The molecule has 0 saturated heterocycles. The first-order chi connectivity index (χ1) is 7.49. The van der Waals surface area contributed by atoms with Crippen molar-refractivity contribution in [2.75, 3.05) is 19.7 Å². The first-order valence-corrected chi connectivity index (χ1v) is 5.05. The number of carbonyl (C=O) groups excluding carboxylic acids is 1. The predicted octanol–water partition coefficient (Wildman–Crippen LogP) is 0.610. The van der Waals surface area contributed by atoms with E-state index < -0.39 is 18.6 Å². The van der Waals surface area contributed by atoms with Gasteiger partial charge in [0.1, 0.15) is 0 Å². The number of carbonyl (C=O) groups is 2. The Morgan fingerprint density at radius 2 is 2.38 bits per heavy atom. The topological polar surface area (TPSA) is 78.9 Å². The molecule has 16 heavy (non-hydrogen) atoms. The lowest BCUT2D eigenvalue weighted by atomic mass is 10.0. The summed E-state index contributed by atoms with van der Waals surface area (Å²) >= 11 is 0. The molecule has 90 valence electrons. The number of amides is 2. The van der Waals surface area contributed by atoms with Crippen molar-refractivity contribution >= 4 is 12.0 Å². The van der Waals surface area contributed by atoms with Crippen LogP contribution >= 0.6 is 0 Å². The first-order valence-electron chi connectivity index (χ1n) is 5.05. The van der Waals surface area contributed by atoms with E-state index in [1.807, 2.05) is 13.8 Å². The molecule has 1 atom stereocenters. The normalized spacial score (nSPS) is 20.2. The van der Waals surface area contributed by atoms with E-state index in [0.29, 0.717) is 19.0 Å². The van der Waals surface area contributed by atoms with Gasteiger partial charge in [-0.2, -0.15) is 0 Å². The molecule has 1 unspecified atom stereocenters. The van der Waals surface area contributed by atoms with Crippen LogP contribution in [0.3, 0.4) is 0 Å². The summed E-state index contributed by atoms with van der Waals surface area (Å²) in [7, 11) is 0. The van der Waals surface area contributed by atoms with Gasteiger partial charge in [-0.3, -0.25) is 4.84 Å². The number of nitrogens with one attached hydrogen (secondary N) is 1. The quantitative estimate of drug-likeness (QED) is 0.548. The molecule has 0 aromatic carbocycles. The maximum Gasteiger partial charge on any atom is 0.341 e. The Labute approximate surface area is 93.8 Å². The Bertz CT molecular complexity index is 314. The van der Waals surface area contributed by atoms with E-state index in [9.17, 15) is 9.59 Å². The zero-order chi connectivity index (χ0) is 12.1. The number of rotatable bonds is 3. The number of nitrogens with zero attached hydrogens (tertiary/aromatic N) is 1. The number of carboxylic acid groups (broad SMARTS) is 1. The molecule has 2 amide bonds. The molecule has 0 fully saturated rings. The Morgan fingerprint density at radius 1 is 1.69 bits per heavy atom. The van der Waals surface area contributed by atoms with E-state index in [0.717, 1.165) is 5.57 Å². The average molecular weight is 228 g/mol. The van der Waals surface area contributed by atoms with Crippen molar-refractivity contribution in [1.29, 1.82) is 0 Å². The van der Waals surface area contributed by atoms with Gasteiger partial charge in [0.15, 0.2) is 6.61 Å². The number of hydrogen-bond donors (Lipinski definition) is 2. The van der Waals surface area contributed by atoms with Crippen molar-refractivity contribution in [3.63, 3.8) is 0 Å². The van der Waals surface area contributed by atoms with Crippen LogP contribution in [0, 0.1) is 5.92 Å². The van der Waals surface area contributed by atoms with Gasteiger partial charge in [0.05, 0.1) is 0 Å². The summed E-state index contributed by atoms with van der Waals surface area (Å²) in [6, 6.07) is -0.402. The fourth-order valence-electron chi connectivity index (χ4n) is 1.68. The molecule has 6 nitrogen and oxygen atoms in total. The van der Waals surface area contributed by atoms with Gasteiger partial charge in [0, 0.05) is 13.1 Å². The van der Waals surface area contributed by atoms with Crippen LogP contribution < -0.4 is 5.48 Å². The lowest BCUT2D eigenvalue weighted by molar-refractivity contribution is -0.144. The molecule has 0 aromatic heterocycles. The molecule has 0 radical (unpaired) electrons. The van der Waals surface area contributed by atoms with Crippen molar-refractivity contribution in [1.82, 2.24) is 10.4 Å². The number of hydroxylamine groups is 1. The number of aliphatic carboxylic acids is 1. The fourth-order valence-corrected chi connectivity index (χ4v) is 1.68. The van der Waals surface area contributed by atoms with Gasteiger partial charge in [0.2, 0.25) is 0 Å². The van der Waals surface area contributed by atoms with Crippen LogP contribution in [0.5, 0.6) is 0 Å². The summed E-state index contributed by atoms with van der Waals surface area (Å²) in [4.78, 5) is 27.8. The van der Waals surface area contributed by atoms with Crippen molar-refractivity contribution in [3.05, 3.63) is 11.6 Å². The Kier molecular flexibility index (Phi) is 4.30. The molecule has 1 aliphatic rings. The van der Waals surface area contributed by atoms with Crippen molar-refractivity contribution in [2.45, 2.75) is 13.8 Å². The highest BCUT2D eigenvalue weighted by Crippen LogP contribution is 2.13. The average Bonchev–Trinajstić information content (AvgIpc) is 2.15. The van der Waals surface area contributed by atoms with E-state index in [4.69, 9.17) is 5.11 Å². The SMILES string of the molecule is CC1=CC(C)CN(C(=O)NOCC(=O)O)C1. The third-order valence-electron chi connectivity index (χ3n) is 2.16. The summed E-state index contributed by atoms with van der Waals surface area (Å²) in [5.41, 5.74) is 3.22. The second-order valence-electron chi connectivity index (χ2n) is 3.96. The molecule has 1 rings (SSSR count). The maximum absolute atomic E-state index is 11.5. The van der Waals surface area contributed by atoms with Gasteiger partial charge >= 0.3 is 12.0 Å². The monoisotopic (exact) mass is 228 g/mol. The molecule has 2 N–H and O–H groups in total. The molecular formula is C10H16N2O4. The third kappa shape index (κ3) is 3.90. The van der Waals surface area contributed by atoms with Crippen LogP contribution in [-0.4, -0.2) is 41.7 Å². The minimum absolute atomic E-state index is 0.305. The van der Waals surface area contributed by atoms with E-state index in [-0.39, 0.29) is 0 Å². The third-order valence-corrected chi connectivity index (χ3v) is 2.16. The number of carboxylic acids is 1. The molecular weight excluding hydrogens is 212 g/mol. The standard InChI is InChI=1S/C10H16N2O4/c1-7-3-8(2)5-12(4-7)10(15)11-16-6-9(13)14/h3,7H,4-6H2,1-2H3,(H,11,15)(H,13,14). The molecule has 0 bridgehead atoms. The lowest BCUT2D eigenvalue weighted by Gasteiger charge is -2.29. The zero-order valence-electron chi connectivity index (χ0n) is 9.40. The summed E-state index contributed by atoms with van der Waals surface area (Å²) in [5.74, 6) is -0.817. The van der Waals surface area contributed by atoms with Gasteiger partial charge in [-0.25, -0.2) is 15.1 Å². The van der Waals surface area contributed by atoms with Crippen LogP contribution in [0.1, 0.15) is 13.8 Å². The Hall–Kier alpha value is -1.56. The Morgan fingerprint density at radius 3 is 2.94 bits per heavy atom. The molecule has 0 spiro atoms. The van der Waals surface area contributed by atoms with Crippen LogP contribution in [0.4, 0.5) is 4.79 Å². The first kappa shape index (κ1) is 12.5. The van der Waals surface area contributed by atoms with Gasteiger partial charge < -0.3 is 10.0 Å². The van der Waals surface area contributed by atoms with Crippen molar-refractivity contribution in [3.8, 4) is 0 Å². The predicted molar refractivity (Wildman–Crippen MR) is 56.6 cm³/mol. The maximum atomic E-state index is 11.5. The fraction of sp³-hybridized carbons (Fsp3) is 0.600. The molecule has 0 aromatic rings. The van der Waals surface area contributed by atoms with Gasteiger partial charge in [-0.05, 0) is 12.8 Å². The zero-order valence-corrected chi connectivity index (χ0v) is 9.40. The van der Waals surface area contributed by atoms with E-state index in [1.165, 1.54) is 0 Å². The molecule has 0 aliphatic carbocycles. The molecule has 1 heterocycles. The molecule has 1 aliphatic heterocycles. The van der Waals surface area contributed by atoms with E-state index >= 15 is 0 Å². The summed E-state index contributed by atoms with van der Waals surface area (Å²) in [5, 5.41) is 8.32. The van der Waals surface area contributed by atoms with Gasteiger partial charge in [-0.1, -0.05) is 18.6 Å². The largest absolute Gasteiger partial charge is 0.479 e. The molecule has 0 saturated carbocycles. The highest BCUT2D eigenvalue weighted by molar-refractivity contribution is 5.74.